The van der Waals surface area contributed by atoms with Crippen LogP contribution in [0.3, 0.4) is 0 Å². The van der Waals surface area contributed by atoms with E-state index in [1.54, 1.807) is 12.3 Å². The normalized spacial score (nSPS) is 18.3. The molecule has 1 fully saturated rings. The van der Waals surface area contributed by atoms with Crippen LogP contribution in [-0.4, -0.2) is 51.9 Å². The lowest BCUT2D eigenvalue weighted by molar-refractivity contribution is -0.134. The van der Waals surface area contributed by atoms with Gasteiger partial charge in [-0.25, -0.2) is 9.97 Å². The number of nitrogen functional groups attached to an aromatic ring is 1. The molecule has 0 radical (unpaired) electrons. The topological polar surface area (TPSA) is 75.4 Å². The number of aromatic nitrogens is 2. The molecule has 1 aliphatic rings. The van der Waals surface area contributed by atoms with E-state index >= 15 is 0 Å². The molecule has 138 valence electrons. The van der Waals surface area contributed by atoms with E-state index in [0.717, 1.165) is 31.8 Å². The number of amides is 1. The van der Waals surface area contributed by atoms with Gasteiger partial charge in [-0.2, -0.15) is 0 Å². The predicted molar refractivity (Wildman–Crippen MR) is 102 cm³/mol. The average molecular weight is 353 g/mol. The van der Waals surface area contributed by atoms with Gasteiger partial charge in [0, 0.05) is 31.2 Å². The van der Waals surface area contributed by atoms with E-state index in [4.69, 9.17) is 5.73 Å². The predicted octanol–water partition coefficient (Wildman–Crippen LogP) is 1.97. The molecule has 26 heavy (non-hydrogen) atoms. The third kappa shape index (κ3) is 4.58. The maximum Gasteiger partial charge on any atom is 0.225 e. The lowest BCUT2D eigenvalue weighted by Crippen LogP contribution is -2.38. The first kappa shape index (κ1) is 18.3. The van der Waals surface area contributed by atoms with Crippen molar-refractivity contribution in [3.05, 3.63) is 54.0 Å². The third-order valence-electron chi connectivity index (χ3n) is 5.02. The van der Waals surface area contributed by atoms with Crippen LogP contribution in [-0.2, 0) is 17.8 Å². The Hall–Kier alpha value is -2.47. The van der Waals surface area contributed by atoms with Crippen molar-refractivity contribution in [3.8, 4) is 0 Å². The lowest BCUT2D eigenvalue weighted by Gasteiger charge is -2.25. The molecule has 1 amide bonds. The molecule has 1 aromatic heterocycles. The first-order valence-electron chi connectivity index (χ1n) is 9.13. The molecule has 6 nitrogen and oxygen atoms in total. The Kier molecular flexibility index (Phi) is 5.83. The number of nitrogens with two attached hydrogens (primary N) is 1. The number of anilines is 1. The molecule has 0 unspecified atom stereocenters. The van der Waals surface area contributed by atoms with Gasteiger partial charge in [0.25, 0.3) is 0 Å². The zero-order valence-electron chi connectivity index (χ0n) is 15.5. The highest BCUT2D eigenvalue weighted by atomic mass is 16.2. The number of nitrogens with zero attached hydrogens (tertiary/aromatic N) is 4. The molecule has 1 aliphatic heterocycles. The summed E-state index contributed by atoms with van der Waals surface area (Å²) >= 11 is 0. The molecule has 6 heteroatoms. The number of likely N-dealkylation sites (tertiary alicyclic amines) is 1. The molecule has 1 aromatic carbocycles. The van der Waals surface area contributed by atoms with Crippen LogP contribution in [0.25, 0.3) is 0 Å². The van der Waals surface area contributed by atoms with Crippen LogP contribution >= 0.6 is 0 Å². The summed E-state index contributed by atoms with van der Waals surface area (Å²) in [5, 5.41) is 0. The molecule has 3 rings (SSSR count). The molecule has 0 saturated carbocycles. The summed E-state index contributed by atoms with van der Waals surface area (Å²) in [6.07, 6.45) is 3.44. The van der Waals surface area contributed by atoms with Crippen molar-refractivity contribution in [2.45, 2.75) is 32.4 Å². The Bertz CT molecular complexity index is 736. The third-order valence-corrected chi connectivity index (χ3v) is 5.02. The molecule has 0 aliphatic carbocycles. The maximum absolute atomic E-state index is 12.8. The largest absolute Gasteiger partial charge is 0.384 e. The Morgan fingerprint density at radius 1 is 1.35 bits per heavy atom. The number of carbonyl (C=O) groups excluding carboxylic acids is 1. The van der Waals surface area contributed by atoms with Crippen LogP contribution < -0.4 is 5.73 Å². The van der Waals surface area contributed by atoms with E-state index in [9.17, 15) is 4.79 Å². The first-order chi connectivity index (χ1) is 12.5. The van der Waals surface area contributed by atoms with Crippen molar-refractivity contribution in [2.75, 3.05) is 25.9 Å². The molecular weight excluding hydrogens is 326 g/mol. The van der Waals surface area contributed by atoms with Gasteiger partial charge in [0.05, 0.1) is 6.54 Å². The van der Waals surface area contributed by atoms with Gasteiger partial charge in [-0.05, 0) is 31.5 Å². The number of hydrogen-bond donors (Lipinski definition) is 1. The summed E-state index contributed by atoms with van der Waals surface area (Å²) in [5.74, 6) is 1.44. The minimum Gasteiger partial charge on any atom is -0.384 e. The quantitative estimate of drug-likeness (QED) is 0.859. The summed E-state index contributed by atoms with van der Waals surface area (Å²) in [4.78, 5) is 25.5. The van der Waals surface area contributed by atoms with Gasteiger partial charge in [-0.15, -0.1) is 0 Å². The van der Waals surface area contributed by atoms with Crippen molar-refractivity contribution in [2.24, 2.45) is 5.92 Å². The van der Waals surface area contributed by atoms with Crippen molar-refractivity contribution in [1.82, 2.24) is 19.8 Å². The van der Waals surface area contributed by atoms with Gasteiger partial charge in [0.15, 0.2) is 0 Å². The van der Waals surface area contributed by atoms with E-state index in [2.05, 4.69) is 34.0 Å². The Morgan fingerprint density at radius 3 is 2.85 bits per heavy atom. The van der Waals surface area contributed by atoms with Crippen LogP contribution in [0.5, 0.6) is 0 Å². The standard InChI is InChI=1S/C20H27N5O/c1-15(12-16-6-4-3-5-7-16)20(26)25-11-9-17(13-25)24(2)14-19-22-10-8-18(21)23-19/h3-8,10,15,17H,9,11-14H2,1-2H3,(H2,21,22,23)/t15-,17+/m1/s1. The van der Waals surface area contributed by atoms with Crippen LogP contribution in [0.2, 0.25) is 0 Å². The van der Waals surface area contributed by atoms with Crippen molar-refractivity contribution < 1.29 is 4.79 Å². The summed E-state index contributed by atoms with van der Waals surface area (Å²) in [6, 6.07) is 12.2. The first-order valence-corrected chi connectivity index (χ1v) is 9.13. The fraction of sp³-hybridized carbons (Fsp3) is 0.450. The highest BCUT2D eigenvalue weighted by molar-refractivity contribution is 5.79. The molecule has 0 spiro atoms. The molecule has 2 atom stereocenters. The Morgan fingerprint density at radius 2 is 2.12 bits per heavy atom. The van der Waals surface area contributed by atoms with E-state index in [-0.39, 0.29) is 11.8 Å². The minimum absolute atomic E-state index is 0.00119. The monoisotopic (exact) mass is 353 g/mol. The second-order valence-electron chi connectivity index (χ2n) is 7.13. The summed E-state index contributed by atoms with van der Waals surface area (Å²) in [6.45, 7) is 4.23. The van der Waals surface area contributed by atoms with Crippen molar-refractivity contribution in [3.63, 3.8) is 0 Å². The second kappa shape index (κ2) is 8.27. The van der Waals surface area contributed by atoms with E-state index in [0.29, 0.717) is 18.4 Å². The summed E-state index contributed by atoms with van der Waals surface area (Å²) in [5.41, 5.74) is 6.93. The number of carbonyl (C=O) groups is 1. The highest BCUT2D eigenvalue weighted by Crippen LogP contribution is 2.20. The van der Waals surface area contributed by atoms with Crippen LogP contribution in [0.1, 0.15) is 24.7 Å². The minimum atomic E-state index is -0.00119. The van der Waals surface area contributed by atoms with Crippen molar-refractivity contribution in [1.29, 1.82) is 0 Å². The molecular formula is C20H27N5O. The van der Waals surface area contributed by atoms with Gasteiger partial charge in [-0.1, -0.05) is 37.3 Å². The van der Waals surface area contributed by atoms with Gasteiger partial charge < -0.3 is 10.6 Å². The zero-order valence-corrected chi connectivity index (χ0v) is 15.5. The Balaban J connectivity index is 1.53. The van der Waals surface area contributed by atoms with Gasteiger partial charge in [0.1, 0.15) is 11.6 Å². The number of likely N-dealkylation sites (N-methyl/N-ethyl adjacent to an activating group) is 1. The molecule has 2 aromatic rings. The smallest absolute Gasteiger partial charge is 0.225 e. The summed E-state index contributed by atoms with van der Waals surface area (Å²) in [7, 11) is 2.05. The fourth-order valence-electron chi connectivity index (χ4n) is 3.51. The average Bonchev–Trinajstić information content (AvgIpc) is 3.12. The molecule has 0 bridgehead atoms. The lowest BCUT2D eigenvalue weighted by atomic mass is 10.00. The second-order valence-corrected chi connectivity index (χ2v) is 7.13. The Labute approximate surface area is 155 Å². The van der Waals surface area contributed by atoms with Crippen LogP contribution in [0.4, 0.5) is 5.82 Å². The number of benzene rings is 1. The van der Waals surface area contributed by atoms with E-state index < -0.39 is 0 Å². The number of hydrogen-bond acceptors (Lipinski definition) is 5. The van der Waals surface area contributed by atoms with Gasteiger partial charge >= 0.3 is 0 Å². The highest BCUT2D eigenvalue weighted by Gasteiger charge is 2.31. The van der Waals surface area contributed by atoms with Crippen molar-refractivity contribution >= 4 is 11.7 Å². The SMILES string of the molecule is C[C@H](Cc1ccccc1)C(=O)N1CC[C@H](N(C)Cc2nccc(N)n2)C1. The molecule has 2 N–H and O–H groups in total. The number of rotatable bonds is 6. The zero-order chi connectivity index (χ0) is 18.5. The maximum atomic E-state index is 12.8. The molecule has 1 saturated heterocycles. The van der Waals surface area contributed by atoms with Crippen LogP contribution in [0, 0.1) is 5.92 Å². The summed E-state index contributed by atoms with van der Waals surface area (Å²) < 4.78 is 0. The van der Waals surface area contributed by atoms with E-state index in [1.165, 1.54) is 5.56 Å². The van der Waals surface area contributed by atoms with Gasteiger partial charge in [-0.3, -0.25) is 9.69 Å². The fourth-order valence-corrected chi connectivity index (χ4v) is 3.51. The van der Waals surface area contributed by atoms with E-state index in [1.807, 2.05) is 30.0 Å². The van der Waals surface area contributed by atoms with Gasteiger partial charge in [0.2, 0.25) is 5.91 Å². The van der Waals surface area contributed by atoms with Crippen LogP contribution in [0.15, 0.2) is 42.6 Å². The molecule has 2 heterocycles.